The van der Waals surface area contributed by atoms with Crippen molar-refractivity contribution in [2.75, 3.05) is 42.9 Å². The van der Waals surface area contributed by atoms with Gasteiger partial charge in [0.2, 0.25) is 0 Å². The number of hydrogen-bond acceptors (Lipinski definition) is 5. The summed E-state index contributed by atoms with van der Waals surface area (Å²) in [6.45, 7) is 7.29. The fraction of sp³-hybridized carbons (Fsp3) is 0.304. The lowest BCUT2D eigenvalue weighted by Crippen LogP contribution is -2.52. The molecule has 0 unspecified atom stereocenters. The maximum atomic E-state index is 12.2. The van der Waals surface area contributed by atoms with E-state index in [1.807, 2.05) is 24.3 Å². The second-order valence-corrected chi connectivity index (χ2v) is 8.15. The molecule has 3 aromatic rings. The molecule has 1 aromatic carbocycles. The zero-order valence-corrected chi connectivity index (χ0v) is 21.1. The van der Waals surface area contributed by atoms with Crippen molar-refractivity contribution in [3.05, 3.63) is 71.5 Å². The van der Waals surface area contributed by atoms with Crippen molar-refractivity contribution in [2.45, 2.75) is 13.5 Å². The Labute approximate surface area is 209 Å². The van der Waals surface area contributed by atoms with Crippen LogP contribution in [0.15, 0.2) is 69.6 Å². The number of nitrogens with one attached hydrogen (secondary N) is 2. The van der Waals surface area contributed by atoms with E-state index >= 15 is 0 Å². The van der Waals surface area contributed by atoms with Gasteiger partial charge in [0.25, 0.3) is 5.91 Å². The van der Waals surface area contributed by atoms with Crippen LogP contribution in [0.3, 0.4) is 0 Å². The van der Waals surface area contributed by atoms with E-state index in [-0.39, 0.29) is 29.9 Å². The SMILES string of the molecule is CCNC(=NCc1cccc(NC(=O)c2ccco2)c1)N1CCN(c2cccs2)CC1.I. The molecule has 0 spiro atoms. The van der Waals surface area contributed by atoms with Gasteiger partial charge < -0.3 is 24.9 Å². The summed E-state index contributed by atoms with van der Waals surface area (Å²) in [6, 6.07) is 15.4. The minimum absolute atomic E-state index is 0. The number of rotatable bonds is 6. The number of furan rings is 1. The number of piperazine rings is 1. The molecule has 7 nitrogen and oxygen atoms in total. The number of aliphatic imine (C=N–C) groups is 1. The highest BCUT2D eigenvalue weighted by atomic mass is 127. The number of nitrogens with zero attached hydrogens (tertiary/aromatic N) is 3. The molecular formula is C23H28IN5O2S. The van der Waals surface area contributed by atoms with Crippen molar-refractivity contribution in [3.63, 3.8) is 0 Å². The van der Waals surface area contributed by atoms with Crippen LogP contribution in [0.25, 0.3) is 0 Å². The predicted molar refractivity (Wildman–Crippen MR) is 141 cm³/mol. The van der Waals surface area contributed by atoms with Crippen molar-refractivity contribution < 1.29 is 9.21 Å². The van der Waals surface area contributed by atoms with Crippen LogP contribution in [0.5, 0.6) is 0 Å². The van der Waals surface area contributed by atoms with Gasteiger partial charge in [0, 0.05) is 38.4 Å². The Morgan fingerprint density at radius 3 is 2.66 bits per heavy atom. The van der Waals surface area contributed by atoms with Crippen molar-refractivity contribution in [2.24, 2.45) is 4.99 Å². The minimum atomic E-state index is -0.261. The van der Waals surface area contributed by atoms with Gasteiger partial charge in [-0.2, -0.15) is 0 Å². The molecule has 32 heavy (non-hydrogen) atoms. The molecule has 170 valence electrons. The minimum Gasteiger partial charge on any atom is -0.459 e. The van der Waals surface area contributed by atoms with Crippen LogP contribution in [-0.2, 0) is 6.54 Å². The lowest BCUT2D eigenvalue weighted by molar-refractivity contribution is 0.0996. The molecule has 9 heteroatoms. The summed E-state index contributed by atoms with van der Waals surface area (Å²) >= 11 is 1.79. The number of benzene rings is 1. The number of halogens is 1. The van der Waals surface area contributed by atoms with E-state index in [1.54, 1.807) is 23.5 Å². The number of thiophene rings is 1. The molecule has 4 rings (SSSR count). The van der Waals surface area contributed by atoms with E-state index in [4.69, 9.17) is 9.41 Å². The molecule has 0 radical (unpaired) electrons. The highest BCUT2D eigenvalue weighted by Crippen LogP contribution is 2.22. The Morgan fingerprint density at radius 1 is 1.12 bits per heavy atom. The normalized spacial score (nSPS) is 14.1. The highest BCUT2D eigenvalue weighted by molar-refractivity contribution is 14.0. The fourth-order valence-electron chi connectivity index (χ4n) is 3.53. The van der Waals surface area contributed by atoms with E-state index < -0.39 is 0 Å². The largest absolute Gasteiger partial charge is 0.459 e. The van der Waals surface area contributed by atoms with Crippen molar-refractivity contribution in [3.8, 4) is 0 Å². The molecule has 1 aliphatic rings. The Balaban J connectivity index is 0.00000289. The van der Waals surface area contributed by atoms with E-state index in [9.17, 15) is 4.79 Å². The van der Waals surface area contributed by atoms with Crippen molar-refractivity contribution >= 4 is 57.9 Å². The molecular weight excluding hydrogens is 537 g/mol. The van der Waals surface area contributed by atoms with Gasteiger partial charge in [-0.05, 0) is 54.3 Å². The van der Waals surface area contributed by atoms with Crippen LogP contribution in [0.4, 0.5) is 10.7 Å². The molecule has 2 aromatic heterocycles. The summed E-state index contributed by atoms with van der Waals surface area (Å²) in [4.78, 5) is 21.8. The van der Waals surface area contributed by atoms with Crippen LogP contribution >= 0.6 is 35.3 Å². The topological polar surface area (TPSA) is 73.1 Å². The number of carbonyl (C=O) groups is 1. The molecule has 0 atom stereocenters. The lowest BCUT2D eigenvalue weighted by Gasteiger charge is -2.37. The third-order valence-electron chi connectivity index (χ3n) is 5.07. The Bertz CT molecular complexity index is 999. The summed E-state index contributed by atoms with van der Waals surface area (Å²) in [5.74, 6) is 0.959. The standard InChI is InChI=1S/C23H27N5O2S.HI/c1-2-24-23(28-12-10-27(11-13-28)21-9-5-15-31-21)25-17-18-6-3-7-19(16-18)26-22(29)20-8-4-14-30-20;/h3-9,14-16H,2,10-13,17H2,1H3,(H,24,25)(H,26,29);1H. The summed E-state index contributed by atoms with van der Waals surface area (Å²) in [6.07, 6.45) is 1.49. The van der Waals surface area contributed by atoms with Gasteiger partial charge in [-0.3, -0.25) is 4.79 Å². The van der Waals surface area contributed by atoms with Gasteiger partial charge in [0.1, 0.15) is 0 Å². The van der Waals surface area contributed by atoms with Gasteiger partial charge >= 0.3 is 0 Å². The van der Waals surface area contributed by atoms with Crippen LogP contribution in [-0.4, -0.2) is 49.5 Å². The fourth-order valence-corrected chi connectivity index (χ4v) is 4.31. The molecule has 1 aliphatic heterocycles. The third kappa shape index (κ3) is 6.26. The van der Waals surface area contributed by atoms with Gasteiger partial charge in [0.15, 0.2) is 11.7 Å². The Morgan fingerprint density at radius 2 is 1.97 bits per heavy atom. The van der Waals surface area contributed by atoms with Crippen molar-refractivity contribution in [1.82, 2.24) is 10.2 Å². The second kappa shape index (κ2) is 11.9. The number of anilines is 2. The number of hydrogen-bond donors (Lipinski definition) is 2. The van der Waals surface area contributed by atoms with E-state index in [1.165, 1.54) is 11.3 Å². The molecule has 1 saturated heterocycles. The third-order valence-corrected chi connectivity index (χ3v) is 6.00. The molecule has 0 saturated carbocycles. The van der Waals surface area contributed by atoms with Crippen molar-refractivity contribution in [1.29, 1.82) is 0 Å². The van der Waals surface area contributed by atoms with Crippen LogP contribution in [0, 0.1) is 0 Å². The molecule has 3 heterocycles. The predicted octanol–water partition coefficient (Wildman–Crippen LogP) is 4.50. The average Bonchev–Trinajstić information content (AvgIpc) is 3.52. The first-order chi connectivity index (χ1) is 15.2. The number of amides is 1. The quantitative estimate of drug-likeness (QED) is 0.262. The highest BCUT2D eigenvalue weighted by Gasteiger charge is 2.20. The van der Waals surface area contributed by atoms with Crippen LogP contribution < -0.4 is 15.5 Å². The summed E-state index contributed by atoms with van der Waals surface area (Å²) in [5.41, 5.74) is 1.76. The Hall–Kier alpha value is -2.53. The van der Waals surface area contributed by atoms with Crippen LogP contribution in [0.1, 0.15) is 23.0 Å². The van der Waals surface area contributed by atoms with Gasteiger partial charge in [0.05, 0.1) is 17.8 Å². The zero-order valence-electron chi connectivity index (χ0n) is 18.0. The molecule has 0 aliphatic carbocycles. The monoisotopic (exact) mass is 565 g/mol. The second-order valence-electron chi connectivity index (χ2n) is 7.23. The lowest BCUT2D eigenvalue weighted by atomic mass is 10.2. The average molecular weight is 565 g/mol. The molecule has 0 bridgehead atoms. The first-order valence-electron chi connectivity index (χ1n) is 10.5. The summed E-state index contributed by atoms with van der Waals surface area (Å²) in [7, 11) is 0. The maximum absolute atomic E-state index is 12.2. The number of carbonyl (C=O) groups excluding carboxylic acids is 1. The van der Waals surface area contributed by atoms with E-state index in [0.717, 1.165) is 49.9 Å². The molecule has 2 N–H and O–H groups in total. The first kappa shape index (κ1) is 24.1. The van der Waals surface area contributed by atoms with E-state index in [0.29, 0.717) is 12.3 Å². The number of guanidine groups is 1. The summed E-state index contributed by atoms with van der Waals surface area (Å²) in [5, 5.41) is 9.73. The van der Waals surface area contributed by atoms with Gasteiger partial charge in [-0.1, -0.05) is 12.1 Å². The van der Waals surface area contributed by atoms with Gasteiger partial charge in [-0.15, -0.1) is 35.3 Å². The zero-order chi connectivity index (χ0) is 21.5. The van der Waals surface area contributed by atoms with Gasteiger partial charge in [-0.25, -0.2) is 4.99 Å². The molecule has 1 amide bonds. The summed E-state index contributed by atoms with van der Waals surface area (Å²) < 4.78 is 5.15. The maximum Gasteiger partial charge on any atom is 0.291 e. The van der Waals surface area contributed by atoms with Crippen LogP contribution in [0.2, 0.25) is 0 Å². The molecule has 1 fully saturated rings. The first-order valence-corrected chi connectivity index (χ1v) is 11.4. The van der Waals surface area contributed by atoms with E-state index in [2.05, 4.69) is 44.9 Å². The smallest absolute Gasteiger partial charge is 0.291 e. The Kier molecular flexibility index (Phi) is 8.98.